The molecular formula is C16H21N3O4S. The van der Waals surface area contributed by atoms with Gasteiger partial charge in [-0.05, 0) is 43.8 Å². The molecule has 0 heterocycles. The van der Waals surface area contributed by atoms with E-state index in [2.05, 4.69) is 16.0 Å². The first kappa shape index (κ1) is 19.6. The number of aryl methyl sites for hydroxylation is 1. The standard InChI is InChI=1S/C16H21N3O4S/c1-4-23-15(22)8-7-14(21)19-16(24)18-12-6-5-10(2)13(9-12)17-11(3)20/h5-6,9H,4,7-8H2,1-3H3,(H,17,20)(H2,18,19,21,24). The molecule has 24 heavy (non-hydrogen) atoms. The van der Waals surface area contributed by atoms with Crippen molar-refractivity contribution in [2.45, 2.75) is 33.6 Å². The van der Waals surface area contributed by atoms with Crippen LogP contribution in [0.3, 0.4) is 0 Å². The van der Waals surface area contributed by atoms with Crippen LogP contribution < -0.4 is 16.0 Å². The van der Waals surface area contributed by atoms with Gasteiger partial charge >= 0.3 is 5.97 Å². The van der Waals surface area contributed by atoms with Crippen molar-refractivity contribution in [2.24, 2.45) is 0 Å². The molecule has 3 N–H and O–H groups in total. The van der Waals surface area contributed by atoms with Gasteiger partial charge in [0.05, 0.1) is 13.0 Å². The van der Waals surface area contributed by atoms with Crippen molar-refractivity contribution < 1.29 is 19.1 Å². The van der Waals surface area contributed by atoms with Crippen molar-refractivity contribution in [3.05, 3.63) is 23.8 Å². The third kappa shape index (κ3) is 7.19. The van der Waals surface area contributed by atoms with E-state index in [0.29, 0.717) is 11.4 Å². The molecule has 0 saturated heterocycles. The Balaban J connectivity index is 2.54. The van der Waals surface area contributed by atoms with Crippen LogP contribution in [-0.2, 0) is 19.1 Å². The molecule has 0 aliphatic carbocycles. The fourth-order valence-corrected chi connectivity index (χ4v) is 2.06. The van der Waals surface area contributed by atoms with E-state index >= 15 is 0 Å². The van der Waals surface area contributed by atoms with Crippen molar-refractivity contribution in [1.29, 1.82) is 0 Å². The highest BCUT2D eigenvalue weighted by molar-refractivity contribution is 7.80. The maximum Gasteiger partial charge on any atom is 0.306 e. The molecule has 0 unspecified atom stereocenters. The van der Waals surface area contributed by atoms with Gasteiger partial charge in [-0.15, -0.1) is 0 Å². The van der Waals surface area contributed by atoms with Crippen molar-refractivity contribution in [2.75, 3.05) is 17.2 Å². The zero-order chi connectivity index (χ0) is 18.1. The van der Waals surface area contributed by atoms with Gasteiger partial charge in [-0.1, -0.05) is 6.07 Å². The number of amides is 2. The molecule has 0 spiro atoms. The van der Waals surface area contributed by atoms with Gasteiger partial charge < -0.3 is 20.7 Å². The maximum atomic E-state index is 11.7. The maximum absolute atomic E-state index is 11.7. The van der Waals surface area contributed by atoms with E-state index in [1.807, 2.05) is 13.0 Å². The summed E-state index contributed by atoms with van der Waals surface area (Å²) in [5.41, 5.74) is 2.18. The van der Waals surface area contributed by atoms with E-state index < -0.39 is 5.97 Å². The van der Waals surface area contributed by atoms with Gasteiger partial charge in [0.1, 0.15) is 0 Å². The summed E-state index contributed by atoms with van der Waals surface area (Å²) in [4.78, 5) is 34.1. The predicted molar refractivity (Wildman–Crippen MR) is 95.7 cm³/mol. The number of thiocarbonyl (C=S) groups is 1. The second-order valence-electron chi connectivity index (χ2n) is 5.02. The highest BCUT2D eigenvalue weighted by atomic mass is 32.1. The zero-order valence-electron chi connectivity index (χ0n) is 13.9. The normalized spacial score (nSPS) is 9.79. The first-order valence-electron chi connectivity index (χ1n) is 7.46. The van der Waals surface area contributed by atoms with E-state index in [1.54, 1.807) is 19.1 Å². The van der Waals surface area contributed by atoms with Crippen LogP contribution in [0.2, 0.25) is 0 Å². The molecular weight excluding hydrogens is 330 g/mol. The number of nitrogens with one attached hydrogen (secondary N) is 3. The molecule has 2 amide bonds. The SMILES string of the molecule is CCOC(=O)CCC(=O)NC(=S)Nc1ccc(C)c(NC(C)=O)c1. The number of hydrogen-bond acceptors (Lipinski definition) is 5. The molecule has 8 heteroatoms. The summed E-state index contributed by atoms with van der Waals surface area (Å²) in [5.74, 6) is -0.982. The molecule has 0 aliphatic heterocycles. The first-order chi connectivity index (χ1) is 11.3. The number of benzene rings is 1. The van der Waals surface area contributed by atoms with Crippen molar-refractivity contribution in [3.63, 3.8) is 0 Å². The second-order valence-corrected chi connectivity index (χ2v) is 5.43. The van der Waals surface area contributed by atoms with Gasteiger partial charge in [-0.25, -0.2) is 0 Å². The van der Waals surface area contributed by atoms with Gasteiger partial charge in [0, 0.05) is 24.7 Å². The molecule has 1 aromatic carbocycles. The summed E-state index contributed by atoms with van der Waals surface area (Å²) in [6.07, 6.45) is -0.00874. The van der Waals surface area contributed by atoms with E-state index in [1.165, 1.54) is 6.92 Å². The summed E-state index contributed by atoms with van der Waals surface area (Å²) < 4.78 is 4.75. The number of ether oxygens (including phenoxy) is 1. The van der Waals surface area contributed by atoms with Gasteiger partial charge in [0.25, 0.3) is 0 Å². The lowest BCUT2D eigenvalue weighted by molar-refractivity contribution is -0.144. The molecule has 0 fully saturated rings. The van der Waals surface area contributed by atoms with Crippen molar-refractivity contribution in [1.82, 2.24) is 5.32 Å². The summed E-state index contributed by atoms with van der Waals surface area (Å²) in [6.45, 7) is 5.27. The van der Waals surface area contributed by atoms with Crippen LogP contribution in [0.25, 0.3) is 0 Å². The molecule has 0 radical (unpaired) electrons. The molecule has 7 nitrogen and oxygen atoms in total. The molecule has 1 rings (SSSR count). The Morgan fingerprint density at radius 3 is 2.50 bits per heavy atom. The smallest absolute Gasteiger partial charge is 0.306 e. The van der Waals surface area contributed by atoms with Gasteiger partial charge in [-0.2, -0.15) is 0 Å². The molecule has 0 atom stereocenters. The van der Waals surface area contributed by atoms with Gasteiger partial charge in [0.2, 0.25) is 11.8 Å². The Bertz CT molecular complexity index is 646. The van der Waals surface area contributed by atoms with Crippen molar-refractivity contribution in [3.8, 4) is 0 Å². The predicted octanol–water partition coefficient (Wildman–Crippen LogP) is 2.11. The molecule has 0 aliphatic rings. The Hall–Kier alpha value is -2.48. The number of carbonyl (C=O) groups excluding carboxylic acids is 3. The van der Waals surface area contributed by atoms with Crippen LogP contribution in [0.15, 0.2) is 18.2 Å². The highest BCUT2D eigenvalue weighted by Gasteiger charge is 2.10. The Morgan fingerprint density at radius 2 is 1.88 bits per heavy atom. The lowest BCUT2D eigenvalue weighted by Gasteiger charge is -2.12. The van der Waals surface area contributed by atoms with Crippen LogP contribution in [0.5, 0.6) is 0 Å². The minimum absolute atomic E-state index is 0.000498. The zero-order valence-corrected chi connectivity index (χ0v) is 14.7. The molecule has 0 saturated carbocycles. The lowest BCUT2D eigenvalue weighted by atomic mass is 10.2. The van der Waals surface area contributed by atoms with E-state index in [9.17, 15) is 14.4 Å². The van der Waals surface area contributed by atoms with Crippen LogP contribution >= 0.6 is 12.2 Å². The van der Waals surface area contributed by atoms with Gasteiger partial charge in [0.15, 0.2) is 5.11 Å². The lowest BCUT2D eigenvalue weighted by Crippen LogP contribution is -2.34. The summed E-state index contributed by atoms with van der Waals surface area (Å²) in [7, 11) is 0. The minimum Gasteiger partial charge on any atom is -0.466 e. The van der Waals surface area contributed by atoms with Gasteiger partial charge in [-0.3, -0.25) is 14.4 Å². The summed E-state index contributed by atoms with van der Waals surface area (Å²) in [6, 6.07) is 5.31. The minimum atomic E-state index is -0.426. The molecule has 1 aromatic rings. The van der Waals surface area contributed by atoms with Crippen LogP contribution in [-0.4, -0.2) is 29.5 Å². The van der Waals surface area contributed by atoms with E-state index in [-0.39, 0.29) is 36.4 Å². The Labute approximate surface area is 146 Å². The number of hydrogen-bond donors (Lipinski definition) is 3. The highest BCUT2D eigenvalue weighted by Crippen LogP contribution is 2.20. The number of rotatable bonds is 6. The average Bonchev–Trinajstić information content (AvgIpc) is 2.48. The van der Waals surface area contributed by atoms with E-state index in [0.717, 1.165) is 5.56 Å². The fourth-order valence-electron chi connectivity index (χ4n) is 1.82. The van der Waals surface area contributed by atoms with Crippen molar-refractivity contribution >= 4 is 46.5 Å². The molecule has 0 bridgehead atoms. The van der Waals surface area contributed by atoms with Crippen LogP contribution in [0.4, 0.5) is 11.4 Å². The average molecular weight is 351 g/mol. The summed E-state index contributed by atoms with van der Waals surface area (Å²) >= 11 is 5.06. The van der Waals surface area contributed by atoms with E-state index in [4.69, 9.17) is 17.0 Å². The first-order valence-corrected chi connectivity index (χ1v) is 7.87. The molecule has 0 aromatic heterocycles. The Kier molecular flexibility index (Phi) is 7.84. The summed E-state index contributed by atoms with van der Waals surface area (Å²) in [5, 5.41) is 8.17. The fraction of sp³-hybridized carbons (Fsp3) is 0.375. The number of esters is 1. The number of anilines is 2. The second kappa shape index (κ2) is 9.61. The van der Waals surface area contributed by atoms with Crippen LogP contribution in [0.1, 0.15) is 32.3 Å². The third-order valence-corrected chi connectivity index (χ3v) is 3.12. The topological polar surface area (TPSA) is 96.5 Å². The van der Waals surface area contributed by atoms with Crippen LogP contribution in [0, 0.1) is 6.92 Å². The number of carbonyl (C=O) groups is 3. The monoisotopic (exact) mass is 351 g/mol. The largest absolute Gasteiger partial charge is 0.466 e. The third-order valence-electron chi connectivity index (χ3n) is 2.92. The Morgan fingerprint density at radius 1 is 1.17 bits per heavy atom. The quantitative estimate of drug-likeness (QED) is 0.536. The molecule has 130 valence electrons.